The molecule has 1 fully saturated rings. The number of halogens is 1. The molecule has 13 nitrogen and oxygen atoms in total. The van der Waals surface area contributed by atoms with Crippen LogP contribution in [0.25, 0.3) is 27.1 Å². The van der Waals surface area contributed by atoms with E-state index in [4.69, 9.17) is 11.6 Å². The van der Waals surface area contributed by atoms with Crippen LogP contribution in [-0.2, 0) is 36.3 Å². The van der Waals surface area contributed by atoms with E-state index < -0.39 is 50.0 Å². The standard InChI is InChI=1S/C37H35ClN4O9S4/c1-23(37(45)46)41(22-35(43)44)26-10-12-27(13-11-26)54(47,48)39-17-4-5-18-40-29-20-25(38)9-15-30(29)52-32(40)21-33-42(19-16-34(42)55(49,50)51)36-28-7-3-2-6-24(28)8-14-31(36)53-33/h2-3,6-15,20-21,23,34,39H,4-5,16-19,22H2,1H3,(H-2,43,44,45,46,49,50,51)/p+2/b33-21-. The van der Waals surface area contributed by atoms with E-state index in [1.165, 1.54) is 54.3 Å². The molecule has 0 amide bonds. The first kappa shape index (κ1) is 39.2. The molecule has 0 aliphatic carbocycles. The average Bonchev–Trinajstić information content (AvgIpc) is 3.64. The third-order valence-electron chi connectivity index (χ3n) is 10.1. The minimum atomic E-state index is -4.41. The molecular formula is C37H37ClN4O9S4+2. The van der Waals surface area contributed by atoms with Gasteiger partial charge >= 0.3 is 22.1 Å². The van der Waals surface area contributed by atoms with Gasteiger partial charge in [-0.25, -0.2) is 22.4 Å². The minimum absolute atomic E-state index is 0.00806. The number of rotatable bonds is 14. The molecule has 3 atom stereocenters. The molecule has 18 heteroatoms. The monoisotopic (exact) mass is 844 g/mol. The maximum atomic E-state index is 13.1. The first-order valence-electron chi connectivity index (χ1n) is 17.3. The van der Waals surface area contributed by atoms with Crippen LogP contribution in [0, 0.1) is 0 Å². The lowest BCUT2D eigenvalue weighted by molar-refractivity contribution is -0.669. The number of carboxylic acid groups (broad SMARTS) is 2. The van der Waals surface area contributed by atoms with Crippen molar-refractivity contribution in [3.8, 4) is 0 Å². The number of aryl methyl sites for hydroxylation is 1. The number of aliphatic carboxylic acids is 2. The Morgan fingerprint density at radius 1 is 1.04 bits per heavy atom. The van der Waals surface area contributed by atoms with E-state index in [2.05, 4.69) is 9.29 Å². The highest BCUT2D eigenvalue weighted by Gasteiger charge is 2.62. The highest BCUT2D eigenvalue weighted by atomic mass is 35.5. The second kappa shape index (κ2) is 15.1. The summed E-state index contributed by atoms with van der Waals surface area (Å²) >= 11 is 9.48. The van der Waals surface area contributed by atoms with Crippen molar-refractivity contribution in [3.63, 3.8) is 0 Å². The van der Waals surface area contributed by atoms with Crippen molar-refractivity contribution in [2.45, 2.75) is 53.9 Å². The number of nitrogens with zero attached hydrogens (tertiary/aromatic N) is 3. The lowest BCUT2D eigenvalue weighted by Gasteiger charge is -2.47. The zero-order valence-electron chi connectivity index (χ0n) is 29.3. The van der Waals surface area contributed by atoms with E-state index >= 15 is 0 Å². The number of carboxylic acids is 2. The van der Waals surface area contributed by atoms with Crippen LogP contribution in [0.1, 0.15) is 31.2 Å². The molecule has 288 valence electrons. The van der Waals surface area contributed by atoms with Gasteiger partial charge in [-0.2, -0.15) is 13.0 Å². The van der Waals surface area contributed by atoms with Gasteiger partial charge in [0.1, 0.15) is 17.3 Å². The zero-order valence-corrected chi connectivity index (χ0v) is 33.4. The molecule has 1 saturated heterocycles. The fourth-order valence-corrected chi connectivity index (χ4v) is 12.3. The van der Waals surface area contributed by atoms with Crippen molar-refractivity contribution in [3.05, 3.63) is 93.9 Å². The van der Waals surface area contributed by atoms with E-state index in [0.717, 1.165) is 46.5 Å². The van der Waals surface area contributed by atoms with Gasteiger partial charge in [0.15, 0.2) is 17.3 Å². The van der Waals surface area contributed by atoms with Crippen LogP contribution in [0.15, 0.2) is 93.7 Å². The molecule has 5 aromatic rings. The van der Waals surface area contributed by atoms with Crippen molar-refractivity contribution in [1.82, 2.24) is 9.21 Å². The molecule has 2 aliphatic rings. The van der Waals surface area contributed by atoms with Crippen LogP contribution in [0.3, 0.4) is 0 Å². The van der Waals surface area contributed by atoms with Crippen molar-refractivity contribution < 1.29 is 45.8 Å². The van der Waals surface area contributed by atoms with Gasteiger partial charge in [0.2, 0.25) is 20.9 Å². The summed E-state index contributed by atoms with van der Waals surface area (Å²) in [5.41, 5.74) is 2.01. The third-order valence-corrected chi connectivity index (χ3v) is 15.4. The topological polar surface area (TPSA) is 182 Å². The number of anilines is 1. The first-order chi connectivity index (χ1) is 26.1. The molecule has 1 spiro atoms. The van der Waals surface area contributed by atoms with Crippen LogP contribution in [0.5, 0.6) is 0 Å². The summed E-state index contributed by atoms with van der Waals surface area (Å²) < 4.78 is 68.1. The van der Waals surface area contributed by atoms with Crippen LogP contribution in [-0.4, -0.2) is 74.6 Å². The number of unbranched alkanes of at least 4 members (excludes halogenated alkanes) is 1. The summed E-state index contributed by atoms with van der Waals surface area (Å²) in [5, 5.41) is 21.7. The SMILES string of the molecule is CC(C(=O)O)N(CC(=O)O)c1ccc(S(=O)(=O)NCCCC[n+]2c(/C=C3\Sc4ccc5ccccc5c4[N+]34CCC4S(=O)(=O)O)sc3ccc(Cl)cc32)cc1. The smallest absolute Gasteiger partial charge is 0.326 e. The second-order valence-corrected chi connectivity index (χ2v) is 19.3. The van der Waals surface area contributed by atoms with Crippen molar-refractivity contribution in [2.75, 3.05) is 24.5 Å². The van der Waals surface area contributed by atoms with Gasteiger partial charge in [0.25, 0.3) is 5.01 Å². The maximum Gasteiger partial charge on any atom is 0.326 e. The molecule has 3 unspecified atom stereocenters. The minimum Gasteiger partial charge on any atom is -0.480 e. The van der Waals surface area contributed by atoms with E-state index in [0.29, 0.717) is 37.4 Å². The fraction of sp³-hybridized carbons (Fsp3) is 0.270. The number of thiazole rings is 1. The largest absolute Gasteiger partial charge is 0.480 e. The number of nitrogens with one attached hydrogen (secondary N) is 1. The Hall–Kier alpha value is -4.07. The maximum absolute atomic E-state index is 13.1. The number of fused-ring (bicyclic) bond motifs is 5. The van der Waals surface area contributed by atoms with E-state index in [-0.39, 0.29) is 21.6 Å². The molecular weight excluding hydrogens is 808 g/mol. The lowest BCUT2D eigenvalue weighted by Crippen LogP contribution is -2.66. The van der Waals surface area contributed by atoms with Gasteiger partial charge in [-0.15, -0.1) is 0 Å². The Kier molecular flexibility index (Phi) is 10.8. The van der Waals surface area contributed by atoms with E-state index in [1.54, 1.807) is 0 Å². The quantitative estimate of drug-likeness (QED) is 0.0436. The molecule has 1 aromatic heterocycles. The normalized spacial score (nSPS) is 19.5. The first-order valence-corrected chi connectivity index (χ1v) is 22.3. The Balaban J connectivity index is 1.12. The van der Waals surface area contributed by atoms with Crippen LogP contribution >= 0.6 is 34.7 Å². The van der Waals surface area contributed by atoms with E-state index in [9.17, 15) is 41.2 Å². The molecule has 2 aliphatic heterocycles. The van der Waals surface area contributed by atoms with Gasteiger partial charge < -0.3 is 15.1 Å². The molecule has 0 bridgehead atoms. The number of hydrogen-bond donors (Lipinski definition) is 4. The van der Waals surface area contributed by atoms with E-state index in [1.807, 2.05) is 60.7 Å². The predicted molar refractivity (Wildman–Crippen MR) is 214 cm³/mol. The van der Waals surface area contributed by atoms with Gasteiger partial charge in [-0.1, -0.05) is 47.2 Å². The summed E-state index contributed by atoms with van der Waals surface area (Å²) in [5.74, 6) is -2.44. The van der Waals surface area contributed by atoms with Crippen molar-refractivity contribution >= 4 is 105 Å². The predicted octanol–water partition coefficient (Wildman–Crippen LogP) is 6.15. The van der Waals surface area contributed by atoms with Crippen LogP contribution < -0.4 is 18.7 Å². The molecule has 0 radical (unpaired) electrons. The van der Waals surface area contributed by atoms with Crippen molar-refractivity contribution in [1.29, 1.82) is 0 Å². The second-order valence-electron chi connectivity index (χ2n) is 13.4. The lowest BCUT2D eigenvalue weighted by atomic mass is 10.0. The van der Waals surface area contributed by atoms with Gasteiger partial charge in [0.05, 0.1) is 28.8 Å². The summed E-state index contributed by atoms with van der Waals surface area (Å²) in [6, 6.07) is 21.7. The zero-order chi connectivity index (χ0) is 39.3. The summed E-state index contributed by atoms with van der Waals surface area (Å²) in [6.45, 7) is 1.90. The number of sulfonamides is 1. The third kappa shape index (κ3) is 7.47. The van der Waals surface area contributed by atoms with Gasteiger partial charge in [-0.3, -0.25) is 9.35 Å². The highest BCUT2D eigenvalue weighted by molar-refractivity contribution is 8.03. The number of quaternary nitrogens is 1. The molecule has 7 rings (SSSR count). The number of hydrogen-bond acceptors (Lipinski definition) is 9. The number of thioether (sulfide) groups is 1. The average molecular weight is 845 g/mol. The number of aromatic nitrogens is 1. The summed E-state index contributed by atoms with van der Waals surface area (Å²) in [4.78, 5) is 24.9. The molecule has 4 N–H and O–H groups in total. The number of benzene rings is 4. The molecule has 0 saturated carbocycles. The molecule has 3 heterocycles. The Bertz CT molecular complexity index is 2600. The Morgan fingerprint density at radius 2 is 1.78 bits per heavy atom. The molecule has 55 heavy (non-hydrogen) atoms. The van der Waals surface area contributed by atoms with Crippen LogP contribution in [0.4, 0.5) is 11.4 Å². The van der Waals surface area contributed by atoms with Gasteiger partial charge in [-0.05, 0) is 79.0 Å². The highest BCUT2D eigenvalue weighted by Crippen LogP contribution is 2.60. The summed E-state index contributed by atoms with van der Waals surface area (Å²) in [7, 11) is -8.35. The van der Waals surface area contributed by atoms with Gasteiger partial charge in [0, 0.05) is 35.1 Å². The Morgan fingerprint density at radius 3 is 2.45 bits per heavy atom. The summed E-state index contributed by atoms with van der Waals surface area (Å²) in [6.07, 6.45) is 3.37. The number of carbonyl (C=O) groups is 2. The molecule has 4 aromatic carbocycles. The Labute approximate surface area is 330 Å². The fourth-order valence-electron chi connectivity index (χ4n) is 7.31. The van der Waals surface area contributed by atoms with Crippen molar-refractivity contribution in [2.24, 2.45) is 0 Å². The van der Waals surface area contributed by atoms with Crippen LogP contribution in [0.2, 0.25) is 5.02 Å².